The van der Waals surface area contributed by atoms with Gasteiger partial charge < -0.3 is 4.74 Å². The maximum atomic E-state index is 11.5. The number of imidazole rings is 1. The van der Waals surface area contributed by atoms with Gasteiger partial charge >= 0.3 is 12.0 Å². The van der Waals surface area contributed by atoms with Crippen LogP contribution in [-0.2, 0) is 9.53 Å². The molecule has 0 saturated carbocycles. The van der Waals surface area contributed by atoms with Crippen LogP contribution in [0.15, 0.2) is 17.7 Å². The second-order valence-corrected chi connectivity index (χ2v) is 4.24. The Morgan fingerprint density at radius 2 is 2.26 bits per heavy atom. The number of amides is 1. The molecule has 0 aliphatic heterocycles. The van der Waals surface area contributed by atoms with Crippen molar-refractivity contribution < 1.29 is 14.3 Å². The van der Waals surface area contributed by atoms with Crippen LogP contribution in [0.2, 0.25) is 0 Å². The number of methoxy groups -OCH3 is 1. The van der Waals surface area contributed by atoms with Crippen molar-refractivity contribution >= 4 is 34.9 Å². The van der Waals surface area contributed by atoms with E-state index in [0.29, 0.717) is 16.2 Å². The number of nitrogens with two attached hydrogens (primary N) is 1. The number of carbonyl (C=O) groups is 2. The van der Waals surface area contributed by atoms with Gasteiger partial charge in [-0.25, -0.2) is 30.2 Å². The average Bonchev–Trinajstić information content (AvgIpc) is 2.88. The summed E-state index contributed by atoms with van der Waals surface area (Å²) in [6.07, 6.45) is 2.56. The Labute approximate surface area is 111 Å². The predicted octanol–water partition coefficient (Wildman–Crippen LogP) is -0.477. The maximum absolute atomic E-state index is 11.5. The van der Waals surface area contributed by atoms with Crippen molar-refractivity contribution in [2.75, 3.05) is 12.9 Å². The predicted molar refractivity (Wildman–Crippen MR) is 66.2 cm³/mol. The van der Waals surface area contributed by atoms with E-state index >= 15 is 0 Å². The second kappa shape index (κ2) is 5.63. The quantitative estimate of drug-likeness (QED) is 0.193. The van der Waals surface area contributed by atoms with Crippen molar-refractivity contribution in [3.8, 4) is 0 Å². The minimum absolute atomic E-state index is 0.0958. The number of hydrogen-bond donors (Lipinski definition) is 2. The molecule has 0 saturated heterocycles. The molecule has 0 aromatic carbocycles. The molecule has 19 heavy (non-hydrogen) atoms. The fourth-order valence-corrected chi connectivity index (χ4v) is 2.10. The molecule has 0 spiro atoms. The van der Waals surface area contributed by atoms with E-state index in [1.807, 2.05) is 5.43 Å². The van der Waals surface area contributed by atoms with Crippen molar-refractivity contribution in [3.05, 3.63) is 12.7 Å². The zero-order valence-corrected chi connectivity index (χ0v) is 10.7. The van der Waals surface area contributed by atoms with Crippen LogP contribution in [0, 0.1) is 0 Å². The summed E-state index contributed by atoms with van der Waals surface area (Å²) in [6.45, 7) is 0. The third kappa shape index (κ3) is 2.63. The number of nitrogen functional groups attached to an aromatic ring is 1. The molecule has 1 amide bonds. The fraction of sp³-hybridized carbons (Fsp3) is 0.222. The van der Waals surface area contributed by atoms with Gasteiger partial charge in [0.05, 0.1) is 12.9 Å². The van der Waals surface area contributed by atoms with Gasteiger partial charge in [0.1, 0.15) is 23.2 Å². The first kappa shape index (κ1) is 13.2. The highest BCUT2D eigenvalue weighted by Gasteiger charge is 2.15. The SMILES string of the molecule is COC(=O)CSc1ncnc2c1ncn2C(=O)NN. The lowest BCUT2D eigenvalue weighted by atomic mass is 10.5. The van der Waals surface area contributed by atoms with Crippen LogP contribution in [0.3, 0.4) is 0 Å². The summed E-state index contributed by atoms with van der Waals surface area (Å²) in [5.41, 5.74) is 2.71. The third-order valence-electron chi connectivity index (χ3n) is 2.20. The van der Waals surface area contributed by atoms with E-state index in [4.69, 9.17) is 5.84 Å². The average molecular weight is 282 g/mol. The number of nitrogens with zero attached hydrogens (tertiary/aromatic N) is 4. The maximum Gasteiger partial charge on any atom is 0.342 e. The summed E-state index contributed by atoms with van der Waals surface area (Å²) in [4.78, 5) is 34.6. The second-order valence-electron chi connectivity index (χ2n) is 3.28. The molecule has 0 aliphatic rings. The van der Waals surface area contributed by atoms with E-state index in [-0.39, 0.29) is 11.7 Å². The first-order chi connectivity index (χ1) is 9.17. The van der Waals surface area contributed by atoms with Crippen molar-refractivity contribution in [1.82, 2.24) is 24.9 Å². The molecule has 0 atom stereocenters. The highest BCUT2D eigenvalue weighted by molar-refractivity contribution is 8.00. The molecule has 0 fully saturated rings. The number of carbonyl (C=O) groups excluding carboxylic acids is 2. The molecular formula is C9H10N6O3S. The van der Waals surface area contributed by atoms with Crippen LogP contribution in [0.25, 0.3) is 11.2 Å². The molecule has 9 nitrogen and oxygen atoms in total. The lowest BCUT2D eigenvalue weighted by molar-refractivity contribution is -0.137. The van der Waals surface area contributed by atoms with E-state index in [9.17, 15) is 9.59 Å². The number of aromatic nitrogens is 4. The van der Waals surface area contributed by atoms with E-state index in [0.717, 1.165) is 16.3 Å². The number of esters is 1. The molecule has 0 aliphatic carbocycles. The van der Waals surface area contributed by atoms with Crippen LogP contribution in [0.5, 0.6) is 0 Å². The van der Waals surface area contributed by atoms with Crippen LogP contribution >= 0.6 is 11.8 Å². The topological polar surface area (TPSA) is 125 Å². The van der Waals surface area contributed by atoms with E-state index in [2.05, 4.69) is 19.7 Å². The molecule has 0 radical (unpaired) electrons. The number of hydrogen-bond acceptors (Lipinski definition) is 8. The van der Waals surface area contributed by atoms with Gasteiger partial charge in [-0.15, -0.1) is 0 Å². The summed E-state index contributed by atoms with van der Waals surface area (Å²) in [5.74, 6) is 4.77. The molecule has 2 heterocycles. The van der Waals surface area contributed by atoms with Gasteiger partial charge in [-0.3, -0.25) is 10.2 Å². The number of nitrogens with one attached hydrogen (secondary N) is 1. The van der Waals surface area contributed by atoms with Crippen LogP contribution in [0.1, 0.15) is 0 Å². The Hall–Kier alpha value is -2.20. The molecule has 2 rings (SSSR count). The summed E-state index contributed by atoms with van der Waals surface area (Å²) in [5, 5.41) is 0.485. The molecule has 0 bridgehead atoms. The summed E-state index contributed by atoms with van der Waals surface area (Å²) >= 11 is 1.15. The van der Waals surface area contributed by atoms with Crippen LogP contribution in [0.4, 0.5) is 4.79 Å². The molecule has 10 heteroatoms. The summed E-state index contributed by atoms with van der Waals surface area (Å²) in [7, 11) is 1.30. The first-order valence-corrected chi connectivity index (χ1v) is 6.04. The van der Waals surface area contributed by atoms with Crippen LogP contribution < -0.4 is 11.3 Å². The third-order valence-corrected chi connectivity index (χ3v) is 3.15. The van der Waals surface area contributed by atoms with E-state index in [1.165, 1.54) is 19.8 Å². The van der Waals surface area contributed by atoms with E-state index in [1.54, 1.807) is 0 Å². The highest BCUT2D eigenvalue weighted by Crippen LogP contribution is 2.22. The van der Waals surface area contributed by atoms with Gasteiger partial charge in [0.15, 0.2) is 5.65 Å². The zero-order chi connectivity index (χ0) is 13.8. The van der Waals surface area contributed by atoms with Gasteiger partial charge in [-0.1, -0.05) is 11.8 Å². The zero-order valence-electron chi connectivity index (χ0n) is 9.86. The lowest BCUT2D eigenvalue weighted by Crippen LogP contribution is -2.33. The largest absolute Gasteiger partial charge is 0.468 e. The van der Waals surface area contributed by atoms with Crippen molar-refractivity contribution in [2.24, 2.45) is 5.84 Å². The number of rotatable bonds is 3. The summed E-state index contributed by atoms with van der Waals surface area (Å²) in [6, 6.07) is -0.565. The summed E-state index contributed by atoms with van der Waals surface area (Å²) < 4.78 is 5.69. The molecule has 0 unspecified atom stereocenters. The Kier molecular flexibility index (Phi) is 3.92. The monoisotopic (exact) mass is 282 g/mol. The Balaban J connectivity index is 2.34. The first-order valence-electron chi connectivity index (χ1n) is 5.06. The number of ether oxygens (including phenoxy) is 1. The number of hydrazine groups is 1. The van der Waals surface area contributed by atoms with Crippen molar-refractivity contribution in [3.63, 3.8) is 0 Å². The molecular weight excluding hydrogens is 272 g/mol. The lowest BCUT2D eigenvalue weighted by Gasteiger charge is -2.02. The van der Waals surface area contributed by atoms with Crippen LogP contribution in [-0.4, -0.2) is 44.4 Å². The minimum Gasteiger partial charge on any atom is -0.468 e. The van der Waals surface area contributed by atoms with Gasteiger partial charge in [0.2, 0.25) is 0 Å². The molecule has 2 aromatic heterocycles. The fourth-order valence-electron chi connectivity index (χ4n) is 1.32. The Morgan fingerprint density at radius 1 is 1.47 bits per heavy atom. The number of fused-ring (bicyclic) bond motifs is 1. The van der Waals surface area contributed by atoms with E-state index < -0.39 is 6.03 Å². The number of thioether (sulfide) groups is 1. The van der Waals surface area contributed by atoms with Gasteiger partial charge in [-0.2, -0.15) is 0 Å². The highest BCUT2D eigenvalue weighted by atomic mass is 32.2. The van der Waals surface area contributed by atoms with Gasteiger partial charge in [-0.05, 0) is 0 Å². The smallest absolute Gasteiger partial charge is 0.342 e. The standard InChI is InChI=1S/C9H10N6O3S/c1-18-5(16)2-19-8-6-7(11-3-12-8)15(4-13-6)9(17)14-10/h3-4H,2,10H2,1H3,(H,14,17). The molecule has 100 valence electrons. The normalized spacial score (nSPS) is 10.4. The van der Waals surface area contributed by atoms with Gasteiger partial charge in [0, 0.05) is 0 Å². The van der Waals surface area contributed by atoms with Crippen molar-refractivity contribution in [2.45, 2.75) is 5.03 Å². The Bertz CT molecular complexity index is 627. The minimum atomic E-state index is -0.565. The van der Waals surface area contributed by atoms with Crippen molar-refractivity contribution in [1.29, 1.82) is 0 Å². The molecule has 2 aromatic rings. The Morgan fingerprint density at radius 3 is 2.95 bits per heavy atom. The van der Waals surface area contributed by atoms with Gasteiger partial charge in [0.25, 0.3) is 0 Å². The molecule has 3 N–H and O–H groups in total.